The Morgan fingerprint density at radius 2 is 2.20 bits per heavy atom. The van der Waals surface area contributed by atoms with Crippen LogP contribution in [0.5, 0.6) is 0 Å². The number of pyridine rings is 1. The molecule has 8 heteroatoms. The van der Waals surface area contributed by atoms with Crippen molar-refractivity contribution in [1.29, 1.82) is 0 Å². The Labute approximate surface area is 144 Å². The molecule has 25 heavy (non-hydrogen) atoms. The number of imidazole rings is 1. The predicted molar refractivity (Wildman–Crippen MR) is 89.2 cm³/mol. The van der Waals surface area contributed by atoms with Crippen molar-refractivity contribution in [2.24, 2.45) is 0 Å². The van der Waals surface area contributed by atoms with Gasteiger partial charge in [0.15, 0.2) is 5.82 Å². The Morgan fingerprint density at radius 1 is 1.36 bits per heavy atom. The normalized spacial score (nSPS) is 14.0. The van der Waals surface area contributed by atoms with E-state index in [9.17, 15) is 4.79 Å². The lowest BCUT2D eigenvalue weighted by Crippen LogP contribution is -2.25. The molecule has 0 aliphatic heterocycles. The standard InChI is InChI=1S/C17H18N6O2/c1-10(2)15-21-17(25-22-15)11-5-6-18-14(7-11)23-8-13(19-9-23)16(24)20-12-3-4-12/h5-10,12H,3-4H2,1-2H3,(H,20,24). The minimum Gasteiger partial charge on any atom is -0.348 e. The second-order valence-corrected chi connectivity index (χ2v) is 6.43. The van der Waals surface area contributed by atoms with Crippen LogP contribution in [0.1, 0.15) is 48.9 Å². The van der Waals surface area contributed by atoms with Crippen LogP contribution in [0.25, 0.3) is 17.3 Å². The van der Waals surface area contributed by atoms with E-state index in [1.54, 1.807) is 29.4 Å². The Morgan fingerprint density at radius 3 is 2.92 bits per heavy atom. The van der Waals surface area contributed by atoms with Gasteiger partial charge < -0.3 is 9.84 Å². The van der Waals surface area contributed by atoms with Gasteiger partial charge in [0.25, 0.3) is 11.8 Å². The summed E-state index contributed by atoms with van der Waals surface area (Å²) in [5.74, 6) is 1.77. The van der Waals surface area contributed by atoms with Gasteiger partial charge in [0.1, 0.15) is 17.8 Å². The number of nitrogens with one attached hydrogen (secondary N) is 1. The Hall–Kier alpha value is -3.03. The minimum atomic E-state index is -0.157. The molecule has 3 aromatic heterocycles. The number of nitrogens with zero attached hydrogens (tertiary/aromatic N) is 5. The lowest BCUT2D eigenvalue weighted by atomic mass is 10.2. The van der Waals surface area contributed by atoms with Gasteiger partial charge in [-0.1, -0.05) is 19.0 Å². The maximum absolute atomic E-state index is 12.1. The van der Waals surface area contributed by atoms with Crippen LogP contribution in [0.3, 0.4) is 0 Å². The summed E-state index contributed by atoms with van der Waals surface area (Å²) in [6.45, 7) is 4.01. The quantitative estimate of drug-likeness (QED) is 0.766. The fourth-order valence-electron chi connectivity index (χ4n) is 2.33. The van der Waals surface area contributed by atoms with Crippen molar-refractivity contribution in [2.45, 2.75) is 38.6 Å². The van der Waals surface area contributed by atoms with E-state index in [0.717, 1.165) is 18.4 Å². The first-order valence-electron chi connectivity index (χ1n) is 8.25. The summed E-state index contributed by atoms with van der Waals surface area (Å²) in [4.78, 5) is 24.9. The summed E-state index contributed by atoms with van der Waals surface area (Å²) < 4.78 is 7.02. The molecule has 128 valence electrons. The third-order valence-electron chi connectivity index (χ3n) is 3.94. The number of rotatable bonds is 5. The van der Waals surface area contributed by atoms with Crippen molar-refractivity contribution in [2.75, 3.05) is 0 Å². The maximum Gasteiger partial charge on any atom is 0.271 e. The predicted octanol–water partition coefficient (Wildman–Crippen LogP) is 2.33. The van der Waals surface area contributed by atoms with Crippen molar-refractivity contribution in [1.82, 2.24) is 30.0 Å². The molecular formula is C17H18N6O2. The van der Waals surface area contributed by atoms with Gasteiger partial charge in [-0.15, -0.1) is 0 Å². The average molecular weight is 338 g/mol. The molecule has 1 amide bonds. The molecule has 0 aromatic carbocycles. The van der Waals surface area contributed by atoms with Gasteiger partial charge in [-0.3, -0.25) is 9.36 Å². The second kappa shape index (κ2) is 6.12. The number of hydrogen-bond donors (Lipinski definition) is 1. The van der Waals surface area contributed by atoms with Crippen molar-refractivity contribution in [3.8, 4) is 17.3 Å². The molecule has 0 bridgehead atoms. The highest BCUT2D eigenvalue weighted by Gasteiger charge is 2.24. The molecule has 0 saturated heterocycles. The molecule has 8 nitrogen and oxygen atoms in total. The highest BCUT2D eigenvalue weighted by atomic mass is 16.5. The smallest absolute Gasteiger partial charge is 0.271 e. The molecule has 1 saturated carbocycles. The zero-order valence-electron chi connectivity index (χ0n) is 14.0. The number of carbonyl (C=O) groups is 1. The highest BCUT2D eigenvalue weighted by Crippen LogP contribution is 2.22. The number of amides is 1. The largest absolute Gasteiger partial charge is 0.348 e. The van der Waals surface area contributed by atoms with E-state index in [1.165, 1.54) is 0 Å². The summed E-state index contributed by atoms with van der Waals surface area (Å²) in [6.07, 6.45) is 6.98. The minimum absolute atomic E-state index is 0.157. The van der Waals surface area contributed by atoms with Gasteiger partial charge in [-0.2, -0.15) is 4.98 Å². The van der Waals surface area contributed by atoms with E-state index in [0.29, 0.717) is 29.3 Å². The monoisotopic (exact) mass is 338 g/mol. The second-order valence-electron chi connectivity index (χ2n) is 6.43. The Balaban J connectivity index is 1.58. The summed E-state index contributed by atoms with van der Waals surface area (Å²) in [5.41, 5.74) is 1.14. The van der Waals surface area contributed by atoms with Crippen LogP contribution in [0.4, 0.5) is 0 Å². The number of aromatic nitrogens is 5. The zero-order chi connectivity index (χ0) is 17.4. The summed E-state index contributed by atoms with van der Waals surface area (Å²) >= 11 is 0. The van der Waals surface area contributed by atoms with Gasteiger partial charge in [-0.05, 0) is 25.0 Å². The summed E-state index contributed by atoms with van der Waals surface area (Å²) in [7, 11) is 0. The van der Waals surface area contributed by atoms with Crippen LogP contribution in [-0.4, -0.2) is 36.6 Å². The van der Waals surface area contributed by atoms with Gasteiger partial charge in [0.2, 0.25) is 0 Å². The third-order valence-corrected chi connectivity index (χ3v) is 3.94. The summed E-state index contributed by atoms with van der Waals surface area (Å²) in [5, 5.41) is 6.89. The van der Waals surface area contributed by atoms with E-state index >= 15 is 0 Å². The SMILES string of the molecule is CC(C)c1noc(-c2ccnc(-n3cnc(C(=O)NC4CC4)c3)c2)n1. The lowest BCUT2D eigenvalue weighted by Gasteiger charge is -2.02. The van der Waals surface area contributed by atoms with Crippen LogP contribution in [0.2, 0.25) is 0 Å². The van der Waals surface area contributed by atoms with Gasteiger partial charge in [0, 0.05) is 29.9 Å². The third kappa shape index (κ3) is 3.28. The van der Waals surface area contributed by atoms with Crippen molar-refractivity contribution >= 4 is 5.91 Å². The van der Waals surface area contributed by atoms with Crippen molar-refractivity contribution < 1.29 is 9.32 Å². The molecule has 4 rings (SSSR count). The Bertz CT molecular complexity index is 909. The van der Waals surface area contributed by atoms with Crippen LogP contribution < -0.4 is 5.32 Å². The van der Waals surface area contributed by atoms with E-state index in [2.05, 4.69) is 25.4 Å². The van der Waals surface area contributed by atoms with Gasteiger partial charge in [0.05, 0.1) is 0 Å². The summed E-state index contributed by atoms with van der Waals surface area (Å²) in [6, 6.07) is 3.92. The molecule has 1 fully saturated rings. The van der Waals surface area contributed by atoms with Crippen molar-refractivity contribution in [3.63, 3.8) is 0 Å². The van der Waals surface area contributed by atoms with Gasteiger partial charge in [-0.25, -0.2) is 9.97 Å². The Kier molecular flexibility index (Phi) is 3.79. The molecule has 0 atom stereocenters. The number of carbonyl (C=O) groups excluding carboxylic acids is 1. The fourth-order valence-corrected chi connectivity index (χ4v) is 2.33. The molecule has 3 aromatic rings. The molecule has 0 spiro atoms. The molecule has 1 N–H and O–H groups in total. The molecule has 1 aliphatic rings. The molecule has 0 radical (unpaired) electrons. The molecule has 0 unspecified atom stereocenters. The number of hydrogen-bond acceptors (Lipinski definition) is 6. The fraction of sp³-hybridized carbons (Fsp3) is 0.353. The van der Waals surface area contributed by atoms with E-state index in [-0.39, 0.29) is 11.8 Å². The first-order chi connectivity index (χ1) is 12.1. The average Bonchev–Trinajstić information content (AvgIpc) is 3.12. The van der Waals surface area contributed by atoms with E-state index in [1.807, 2.05) is 19.9 Å². The maximum atomic E-state index is 12.1. The lowest BCUT2D eigenvalue weighted by molar-refractivity contribution is 0.0946. The van der Waals surface area contributed by atoms with Crippen LogP contribution in [0.15, 0.2) is 35.4 Å². The van der Waals surface area contributed by atoms with E-state index < -0.39 is 0 Å². The first kappa shape index (κ1) is 15.5. The molecule has 3 heterocycles. The van der Waals surface area contributed by atoms with Gasteiger partial charge >= 0.3 is 0 Å². The molecular weight excluding hydrogens is 320 g/mol. The van der Waals surface area contributed by atoms with Crippen LogP contribution in [0, 0.1) is 0 Å². The topological polar surface area (TPSA) is 98.7 Å². The molecule has 1 aliphatic carbocycles. The first-order valence-corrected chi connectivity index (χ1v) is 8.25. The van der Waals surface area contributed by atoms with E-state index in [4.69, 9.17) is 4.52 Å². The van der Waals surface area contributed by atoms with Crippen molar-refractivity contribution in [3.05, 3.63) is 42.4 Å². The zero-order valence-corrected chi connectivity index (χ0v) is 14.0. The van der Waals surface area contributed by atoms with Crippen LogP contribution in [-0.2, 0) is 0 Å². The highest BCUT2D eigenvalue weighted by molar-refractivity contribution is 5.92. The van der Waals surface area contributed by atoms with Crippen LogP contribution >= 0.6 is 0 Å².